The van der Waals surface area contributed by atoms with Crippen LogP contribution in [0.5, 0.6) is 0 Å². The number of nitrogens with one attached hydrogen (secondary N) is 1. The zero-order chi connectivity index (χ0) is 13.7. The lowest BCUT2D eigenvalue weighted by Gasteiger charge is -2.18. The van der Waals surface area contributed by atoms with Gasteiger partial charge >= 0.3 is 0 Å². The van der Waals surface area contributed by atoms with E-state index in [0.717, 1.165) is 13.1 Å². The number of likely N-dealkylation sites (N-methyl/N-ethyl adjacent to an activating group) is 1. The molecule has 1 aromatic carbocycles. The predicted octanol–water partition coefficient (Wildman–Crippen LogP) is 1.69. The van der Waals surface area contributed by atoms with Gasteiger partial charge in [0.2, 0.25) is 0 Å². The molecule has 19 heavy (non-hydrogen) atoms. The van der Waals surface area contributed by atoms with Gasteiger partial charge in [-0.25, -0.2) is 4.39 Å². The van der Waals surface area contributed by atoms with Gasteiger partial charge in [-0.2, -0.15) is 4.98 Å². The summed E-state index contributed by atoms with van der Waals surface area (Å²) in [5.41, 5.74) is 1.07. The van der Waals surface area contributed by atoms with E-state index in [0.29, 0.717) is 30.2 Å². The Morgan fingerprint density at radius 1 is 1.42 bits per heavy atom. The van der Waals surface area contributed by atoms with E-state index < -0.39 is 0 Å². The predicted molar refractivity (Wildman–Crippen MR) is 71.7 cm³/mol. The van der Waals surface area contributed by atoms with Gasteiger partial charge in [0.15, 0.2) is 5.58 Å². The Bertz CT molecular complexity index is 530. The van der Waals surface area contributed by atoms with Crippen molar-refractivity contribution >= 4 is 17.1 Å². The molecule has 5 nitrogen and oxygen atoms in total. The van der Waals surface area contributed by atoms with Crippen LogP contribution in [0.2, 0.25) is 0 Å². The summed E-state index contributed by atoms with van der Waals surface area (Å²) in [4.78, 5) is 6.26. The van der Waals surface area contributed by atoms with Crippen LogP contribution in [0, 0.1) is 5.82 Å². The molecule has 2 N–H and O–H groups in total. The first-order valence-electron chi connectivity index (χ1n) is 6.36. The molecule has 1 heterocycles. The topological polar surface area (TPSA) is 61.5 Å². The van der Waals surface area contributed by atoms with Crippen molar-refractivity contribution in [3.8, 4) is 0 Å². The number of hydrogen-bond donors (Lipinski definition) is 2. The quantitative estimate of drug-likeness (QED) is 0.799. The Morgan fingerprint density at radius 2 is 2.26 bits per heavy atom. The molecule has 2 aromatic rings. The first kappa shape index (κ1) is 13.8. The number of rotatable bonds is 7. The van der Waals surface area contributed by atoms with Crippen LogP contribution in [0.3, 0.4) is 0 Å². The molecule has 0 fully saturated rings. The highest BCUT2D eigenvalue weighted by Crippen LogP contribution is 2.19. The van der Waals surface area contributed by atoms with Gasteiger partial charge in [0.25, 0.3) is 6.01 Å². The van der Waals surface area contributed by atoms with Gasteiger partial charge in [-0.1, -0.05) is 6.92 Å². The second kappa shape index (κ2) is 6.49. The lowest BCUT2D eigenvalue weighted by Crippen LogP contribution is -2.31. The third kappa shape index (κ3) is 3.65. The molecule has 0 aliphatic carbocycles. The molecule has 2 rings (SSSR count). The Hall–Kier alpha value is -1.66. The van der Waals surface area contributed by atoms with Gasteiger partial charge in [0.05, 0.1) is 6.61 Å². The molecule has 1 aromatic heterocycles. The molecule has 104 valence electrons. The van der Waals surface area contributed by atoms with Gasteiger partial charge < -0.3 is 14.8 Å². The molecule has 0 aliphatic heterocycles. The fraction of sp³-hybridized carbons (Fsp3) is 0.462. The number of halogens is 1. The Labute approximate surface area is 111 Å². The van der Waals surface area contributed by atoms with Crippen LogP contribution in [0.4, 0.5) is 10.4 Å². The average Bonchev–Trinajstić information content (AvgIpc) is 2.79. The number of aromatic nitrogens is 1. The third-order valence-electron chi connectivity index (χ3n) is 2.92. The molecule has 0 amide bonds. The highest BCUT2D eigenvalue weighted by Gasteiger charge is 2.07. The number of nitrogens with zero attached hydrogens (tertiary/aromatic N) is 2. The smallest absolute Gasteiger partial charge is 0.295 e. The summed E-state index contributed by atoms with van der Waals surface area (Å²) in [7, 11) is 0. The van der Waals surface area contributed by atoms with Crippen LogP contribution in [0.1, 0.15) is 6.92 Å². The van der Waals surface area contributed by atoms with Crippen LogP contribution in [0.15, 0.2) is 22.6 Å². The molecular weight excluding hydrogens is 249 g/mol. The fourth-order valence-electron chi connectivity index (χ4n) is 1.87. The van der Waals surface area contributed by atoms with Crippen molar-refractivity contribution in [1.29, 1.82) is 0 Å². The maximum absolute atomic E-state index is 13.0. The molecule has 0 bridgehead atoms. The van der Waals surface area contributed by atoms with E-state index in [-0.39, 0.29) is 12.4 Å². The van der Waals surface area contributed by atoms with E-state index in [1.807, 2.05) is 6.92 Å². The fourth-order valence-corrected chi connectivity index (χ4v) is 1.87. The number of aliphatic hydroxyl groups excluding tert-OH is 1. The number of hydrogen-bond acceptors (Lipinski definition) is 5. The van der Waals surface area contributed by atoms with Crippen LogP contribution < -0.4 is 5.32 Å². The second-order valence-corrected chi connectivity index (χ2v) is 4.22. The van der Waals surface area contributed by atoms with E-state index >= 15 is 0 Å². The Kier molecular flexibility index (Phi) is 4.70. The normalized spacial score (nSPS) is 11.4. The first-order valence-corrected chi connectivity index (χ1v) is 6.36. The van der Waals surface area contributed by atoms with Crippen LogP contribution >= 0.6 is 0 Å². The zero-order valence-electron chi connectivity index (χ0n) is 10.9. The molecule has 0 saturated carbocycles. The third-order valence-corrected chi connectivity index (χ3v) is 2.92. The maximum atomic E-state index is 13.0. The summed E-state index contributed by atoms with van der Waals surface area (Å²) in [5.74, 6) is -0.326. The van der Waals surface area contributed by atoms with Crippen molar-refractivity contribution in [1.82, 2.24) is 9.88 Å². The molecule has 6 heteroatoms. The van der Waals surface area contributed by atoms with Crippen molar-refractivity contribution < 1.29 is 13.9 Å². The Balaban J connectivity index is 1.91. The van der Waals surface area contributed by atoms with E-state index in [9.17, 15) is 4.39 Å². The van der Waals surface area contributed by atoms with Gasteiger partial charge in [0.1, 0.15) is 11.3 Å². The molecular formula is C13H18FN3O2. The van der Waals surface area contributed by atoms with Gasteiger partial charge in [-0.15, -0.1) is 0 Å². The van der Waals surface area contributed by atoms with Gasteiger partial charge in [0, 0.05) is 25.7 Å². The summed E-state index contributed by atoms with van der Waals surface area (Å²) < 4.78 is 18.4. The lowest BCUT2D eigenvalue weighted by atomic mass is 10.3. The van der Waals surface area contributed by atoms with Crippen LogP contribution in [-0.2, 0) is 0 Å². The molecule has 0 spiro atoms. The van der Waals surface area contributed by atoms with Crippen molar-refractivity contribution in [3.63, 3.8) is 0 Å². The highest BCUT2D eigenvalue weighted by molar-refractivity contribution is 5.74. The summed E-state index contributed by atoms with van der Waals surface area (Å²) in [5, 5.41) is 11.9. The summed E-state index contributed by atoms with van der Waals surface area (Å²) >= 11 is 0. The SMILES string of the molecule is CCN(CCO)CCNc1nc2cc(F)ccc2o1. The molecule has 0 aliphatic rings. The Morgan fingerprint density at radius 3 is 3.00 bits per heavy atom. The minimum Gasteiger partial charge on any atom is -0.424 e. The standard InChI is InChI=1S/C13H18FN3O2/c1-2-17(7-8-18)6-5-15-13-16-11-9-10(14)3-4-12(11)19-13/h3-4,9,18H,2,5-8H2,1H3,(H,15,16). The zero-order valence-corrected chi connectivity index (χ0v) is 10.9. The van der Waals surface area contributed by atoms with E-state index in [4.69, 9.17) is 9.52 Å². The van der Waals surface area contributed by atoms with E-state index in [2.05, 4.69) is 15.2 Å². The number of aliphatic hydroxyl groups is 1. The number of anilines is 1. The van der Waals surface area contributed by atoms with E-state index in [1.165, 1.54) is 12.1 Å². The minimum atomic E-state index is -0.326. The van der Waals surface area contributed by atoms with Crippen LogP contribution in [0.25, 0.3) is 11.1 Å². The van der Waals surface area contributed by atoms with Crippen LogP contribution in [-0.4, -0.2) is 47.8 Å². The summed E-state index contributed by atoms with van der Waals surface area (Å²) in [6.07, 6.45) is 0. The first-order chi connectivity index (χ1) is 9.22. The lowest BCUT2D eigenvalue weighted by molar-refractivity contribution is 0.206. The largest absolute Gasteiger partial charge is 0.424 e. The van der Waals surface area contributed by atoms with E-state index in [1.54, 1.807) is 6.07 Å². The monoisotopic (exact) mass is 267 g/mol. The number of fused-ring (bicyclic) bond motifs is 1. The van der Waals surface area contributed by atoms with Crippen molar-refractivity contribution in [2.45, 2.75) is 6.92 Å². The summed E-state index contributed by atoms with van der Waals surface area (Å²) in [6.45, 7) is 5.15. The molecule has 0 radical (unpaired) electrons. The average molecular weight is 267 g/mol. The number of oxazole rings is 1. The molecule has 0 saturated heterocycles. The highest BCUT2D eigenvalue weighted by atomic mass is 19.1. The van der Waals surface area contributed by atoms with Gasteiger partial charge in [-0.3, -0.25) is 4.90 Å². The van der Waals surface area contributed by atoms with Crippen molar-refractivity contribution in [2.75, 3.05) is 38.1 Å². The maximum Gasteiger partial charge on any atom is 0.295 e. The van der Waals surface area contributed by atoms with Crippen molar-refractivity contribution in [3.05, 3.63) is 24.0 Å². The van der Waals surface area contributed by atoms with Gasteiger partial charge in [-0.05, 0) is 18.7 Å². The number of benzene rings is 1. The molecule has 0 unspecified atom stereocenters. The summed E-state index contributed by atoms with van der Waals surface area (Å²) in [6, 6.07) is 4.64. The minimum absolute atomic E-state index is 0.149. The second-order valence-electron chi connectivity index (χ2n) is 4.22. The molecule has 0 atom stereocenters. The van der Waals surface area contributed by atoms with Crippen molar-refractivity contribution in [2.24, 2.45) is 0 Å².